The van der Waals surface area contributed by atoms with Crippen molar-refractivity contribution in [3.8, 4) is 5.75 Å². The van der Waals surface area contributed by atoms with Gasteiger partial charge in [-0.2, -0.15) is 0 Å². The number of carbonyl (C=O) groups excluding carboxylic acids is 3. The monoisotopic (exact) mass is 466 g/mol. The average molecular weight is 467 g/mol. The predicted molar refractivity (Wildman–Crippen MR) is 128 cm³/mol. The van der Waals surface area contributed by atoms with Gasteiger partial charge < -0.3 is 10.1 Å². The standard InChI is InChI=1S/C24H19ClN2O4S/c1-2-31-20-11-10-15-6-3-4-9-18(15)19(20)13-21-23(29)27(24(30)32-21)14-22(28)26-17-8-5-7-16(25)12-17/h3-13H,2,14H2,1H3,(H,26,28)/b21-13+. The van der Waals surface area contributed by atoms with Gasteiger partial charge in [0.15, 0.2) is 0 Å². The number of amides is 3. The van der Waals surface area contributed by atoms with Crippen LogP contribution < -0.4 is 10.1 Å². The summed E-state index contributed by atoms with van der Waals surface area (Å²) in [5, 5.41) is 4.51. The molecule has 8 heteroatoms. The molecule has 1 saturated heterocycles. The third kappa shape index (κ3) is 4.64. The molecule has 1 N–H and O–H groups in total. The molecule has 0 atom stereocenters. The fourth-order valence-corrected chi connectivity index (χ4v) is 4.39. The molecule has 0 saturated carbocycles. The van der Waals surface area contributed by atoms with Crippen LogP contribution in [-0.4, -0.2) is 35.1 Å². The number of anilines is 1. The van der Waals surface area contributed by atoms with E-state index in [1.54, 1.807) is 30.3 Å². The van der Waals surface area contributed by atoms with Gasteiger partial charge in [0, 0.05) is 16.3 Å². The highest BCUT2D eigenvalue weighted by Crippen LogP contribution is 2.36. The smallest absolute Gasteiger partial charge is 0.294 e. The molecule has 6 nitrogen and oxygen atoms in total. The summed E-state index contributed by atoms with van der Waals surface area (Å²) in [5.41, 5.74) is 1.21. The average Bonchev–Trinajstić information content (AvgIpc) is 3.03. The maximum atomic E-state index is 12.9. The highest BCUT2D eigenvalue weighted by Gasteiger charge is 2.36. The number of halogens is 1. The molecule has 1 fully saturated rings. The second-order valence-corrected chi connectivity index (χ2v) is 8.39. The van der Waals surface area contributed by atoms with E-state index in [-0.39, 0.29) is 11.4 Å². The van der Waals surface area contributed by atoms with Crippen LogP contribution in [0.2, 0.25) is 5.02 Å². The summed E-state index contributed by atoms with van der Waals surface area (Å²) in [6, 6.07) is 18.2. The minimum absolute atomic E-state index is 0.239. The summed E-state index contributed by atoms with van der Waals surface area (Å²) in [5.74, 6) is -0.385. The maximum absolute atomic E-state index is 12.9. The summed E-state index contributed by atoms with van der Waals surface area (Å²) in [4.78, 5) is 39.0. The molecule has 0 aromatic heterocycles. The second kappa shape index (κ2) is 9.46. The number of thioether (sulfide) groups is 1. The van der Waals surface area contributed by atoms with E-state index >= 15 is 0 Å². The van der Waals surface area contributed by atoms with Gasteiger partial charge in [-0.1, -0.05) is 48.0 Å². The van der Waals surface area contributed by atoms with Gasteiger partial charge in [0.25, 0.3) is 11.1 Å². The van der Waals surface area contributed by atoms with Gasteiger partial charge in [0.2, 0.25) is 5.91 Å². The lowest BCUT2D eigenvalue weighted by molar-refractivity contribution is -0.127. The van der Waals surface area contributed by atoms with E-state index < -0.39 is 17.1 Å². The molecular weight excluding hydrogens is 448 g/mol. The topological polar surface area (TPSA) is 75.7 Å². The Morgan fingerprint density at radius 3 is 2.72 bits per heavy atom. The number of hydrogen-bond donors (Lipinski definition) is 1. The van der Waals surface area contributed by atoms with Gasteiger partial charge in [0.1, 0.15) is 12.3 Å². The molecule has 0 bridgehead atoms. The molecule has 0 spiro atoms. The summed E-state index contributed by atoms with van der Waals surface area (Å²) in [6.45, 7) is 1.96. The van der Waals surface area contributed by atoms with Crippen LogP contribution in [0.1, 0.15) is 12.5 Å². The maximum Gasteiger partial charge on any atom is 0.294 e. The molecule has 162 valence electrons. The summed E-state index contributed by atoms with van der Waals surface area (Å²) in [7, 11) is 0. The second-order valence-electron chi connectivity index (χ2n) is 6.96. The number of rotatable bonds is 6. The van der Waals surface area contributed by atoms with E-state index in [1.807, 2.05) is 43.3 Å². The van der Waals surface area contributed by atoms with Crippen molar-refractivity contribution in [1.82, 2.24) is 4.90 Å². The third-order valence-corrected chi connectivity index (χ3v) is 5.93. The van der Waals surface area contributed by atoms with E-state index in [1.165, 1.54) is 0 Å². The quantitative estimate of drug-likeness (QED) is 0.481. The van der Waals surface area contributed by atoms with Crippen molar-refractivity contribution in [2.45, 2.75) is 6.92 Å². The highest BCUT2D eigenvalue weighted by molar-refractivity contribution is 8.18. The van der Waals surface area contributed by atoms with E-state index in [0.29, 0.717) is 23.1 Å². The fraction of sp³-hybridized carbons (Fsp3) is 0.125. The van der Waals surface area contributed by atoms with E-state index in [0.717, 1.165) is 33.0 Å². The number of ether oxygens (including phenoxy) is 1. The largest absolute Gasteiger partial charge is 0.493 e. The number of nitrogens with zero attached hydrogens (tertiary/aromatic N) is 1. The predicted octanol–water partition coefficient (Wildman–Crippen LogP) is 5.57. The Bertz CT molecular complexity index is 1260. The molecule has 32 heavy (non-hydrogen) atoms. The van der Waals surface area contributed by atoms with Crippen LogP contribution in [-0.2, 0) is 9.59 Å². The van der Waals surface area contributed by atoms with Crippen molar-refractivity contribution >= 4 is 63.0 Å². The molecule has 1 heterocycles. The van der Waals surface area contributed by atoms with Crippen molar-refractivity contribution in [3.63, 3.8) is 0 Å². The summed E-state index contributed by atoms with van der Waals surface area (Å²) < 4.78 is 5.75. The lowest BCUT2D eigenvalue weighted by Gasteiger charge is -2.13. The molecule has 1 aliphatic rings. The number of imide groups is 1. The van der Waals surface area contributed by atoms with Gasteiger partial charge in [-0.25, -0.2) is 0 Å². The minimum Gasteiger partial charge on any atom is -0.493 e. The Labute approximate surface area is 194 Å². The minimum atomic E-state index is -0.517. The van der Waals surface area contributed by atoms with Crippen molar-refractivity contribution in [2.75, 3.05) is 18.5 Å². The Hall–Kier alpha value is -3.29. The first-order valence-corrected chi connectivity index (χ1v) is 11.1. The Balaban J connectivity index is 1.59. The number of benzene rings is 3. The van der Waals surface area contributed by atoms with Crippen LogP contribution >= 0.6 is 23.4 Å². The van der Waals surface area contributed by atoms with Crippen LogP contribution in [0.5, 0.6) is 5.75 Å². The van der Waals surface area contributed by atoms with Gasteiger partial charge in [-0.3, -0.25) is 19.3 Å². The molecular formula is C24H19ClN2O4S. The van der Waals surface area contributed by atoms with Crippen LogP contribution in [0.4, 0.5) is 10.5 Å². The van der Waals surface area contributed by atoms with Crippen LogP contribution in [0.15, 0.2) is 65.6 Å². The van der Waals surface area contributed by atoms with Crippen molar-refractivity contribution in [2.24, 2.45) is 0 Å². The molecule has 0 radical (unpaired) electrons. The zero-order valence-electron chi connectivity index (χ0n) is 17.1. The normalized spacial score (nSPS) is 14.9. The lowest BCUT2D eigenvalue weighted by Crippen LogP contribution is -2.36. The summed E-state index contributed by atoms with van der Waals surface area (Å²) in [6.07, 6.45) is 1.66. The van der Waals surface area contributed by atoms with Crippen molar-refractivity contribution in [3.05, 3.63) is 76.2 Å². The zero-order chi connectivity index (χ0) is 22.7. The first-order valence-electron chi connectivity index (χ1n) is 9.91. The first-order chi connectivity index (χ1) is 15.5. The number of fused-ring (bicyclic) bond motifs is 1. The molecule has 1 aliphatic heterocycles. The molecule has 4 rings (SSSR count). The van der Waals surface area contributed by atoms with Gasteiger partial charge in [-0.05, 0) is 59.8 Å². The highest BCUT2D eigenvalue weighted by atomic mass is 35.5. The van der Waals surface area contributed by atoms with Crippen LogP contribution in [0.25, 0.3) is 16.8 Å². The van der Waals surface area contributed by atoms with Gasteiger partial charge >= 0.3 is 0 Å². The number of nitrogens with one attached hydrogen (secondary N) is 1. The Morgan fingerprint density at radius 2 is 1.94 bits per heavy atom. The molecule has 3 amide bonds. The molecule has 0 aliphatic carbocycles. The Morgan fingerprint density at radius 1 is 1.12 bits per heavy atom. The van der Waals surface area contributed by atoms with E-state index in [4.69, 9.17) is 16.3 Å². The zero-order valence-corrected chi connectivity index (χ0v) is 18.7. The fourth-order valence-electron chi connectivity index (χ4n) is 3.38. The van der Waals surface area contributed by atoms with Crippen molar-refractivity contribution < 1.29 is 19.1 Å². The van der Waals surface area contributed by atoms with Gasteiger partial charge in [-0.15, -0.1) is 0 Å². The van der Waals surface area contributed by atoms with Crippen LogP contribution in [0.3, 0.4) is 0 Å². The van der Waals surface area contributed by atoms with E-state index in [2.05, 4.69) is 5.32 Å². The number of carbonyl (C=O) groups is 3. The molecule has 3 aromatic rings. The SMILES string of the molecule is CCOc1ccc2ccccc2c1/C=C1/SC(=O)N(CC(=O)Nc2cccc(Cl)c2)C1=O. The summed E-state index contributed by atoms with van der Waals surface area (Å²) >= 11 is 6.73. The van der Waals surface area contributed by atoms with E-state index in [9.17, 15) is 14.4 Å². The Kier molecular flexibility index (Phi) is 6.48. The third-order valence-electron chi connectivity index (χ3n) is 4.79. The first kappa shape index (κ1) is 21.9. The lowest BCUT2D eigenvalue weighted by atomic mass is 10.0. The van der Waals surface area contributed by atoms with Gasteiger partial charge in [0.05, 0.1) is 11.5 Å². The molecule has 0 unspecified atom stereocenters. The molecule has 3 aromatic carbocycles. The van der Waals surface area contributed by atoms with Crippen LogP contribution in [0, 0.1) is 0 Å². The van der Waals surface area contributed by atoms with Crippen molar-refractivity contribution in [1.29, 1.82) is 0 Å². The number of hydrogen-bond acceptors (Lipinski definition) is 5.